The van der Waals surface area contributed by atoms with Gasteiger partial charge in [-0.25, -0.2) is 0 Å². The Hall–Kier alpha value is -1.83. The van der Waals surface area contributed by atoms with Crippen LogP contribution in [0.1, 0.15) is 30.3 Å². The summed E-state index contributed by atoms with van der Waals surface area (Å²) in [6.45, 7) is 1.62. The van der Waals surface area contributed by atoms with Crippen LogP contribution in [0.25, 0.3) is 0 Å². The predicted molar refractivity (Wildman–Crippen MR) is 84.9 cm³/mol. The fourth-order valence-electron chi connectivity index (χ4n) is 2.20. The van der Waals surface area contributed by atoms with Crippen molar-refractivity contribution >= 4 is 33.7 Å². The topological polar surface area (TPSA) is 91.1 Å². The maximum absolute atomic E-state index is 12.4. The highest BCUT2D eigenvalue weighted by molar-refractivity contribution is 9.10. The van der Waals surface area contributed by atoms with Crippen molar-refractivity contribution in [3.05, 3.63) is 22.6 Å². The van der Waals surface area contributed by atoms with E-state index in [4.69, 9.17) is 9.52 Å². The van der Waals surface area contributed by atoms with E-state index in [9.17, 15) is 14.4 Å². The number of aliphatic carboxylic acids is 1. The molecule has 0 aliphatic heterocycles. The molecule has 2 rings (SSSR count). The molecule has 1 aliphatic rings. The fraction of sp³-hybridized carbons (Fsp3) is 0.533. The molecule has 1 heterocycles. The number of nitrogens with zero attached hydrogens (tertiary/aromatic N) is 2. The van der Waals surface area contributed by atoms with Crippen LogP contribution in [-0.4, -0.2) is 58.9 Å². The number of carboxylic acids is 1. The van der Waals surface area contributed by atoms with E-state index in [2.05, 4.69) is 15.9 Å². The van der Waals surface area contributed by atoms with Gasteiger partial charge in [-0.3, -0.25) is 14.4 Å². The third-order valence-electron chi connectivity index (χ3n) is 3.70. The second kappa shape index (κ2) is 7.16. The van der Waals surface area contributed by atoms with E-state index in [1.54, 1.807) is 17.9 Å². The van der Waals surface area contributed by atoms with Gasteiger partial charge < -0.3 is 19.3 Å². The number of carboxylic acid groups (broad SMARTS) is 1. The second-order valence-corrected chi connectivity index (χ2v) is 6.56. The molecule has 1 aromatic heterocycles. The Morgan fingerprint density at radius 1 is 1.39 bits per heavy atom. The van der Waals surface area contributed by atoms with Crippen LogP contribution >= 0.6 is 15.9 Å². The Morgan fingerprint density at radius 2 is 2.04 bits per heavy atom. The Kier molecular flexibility index (Phi) is 5.46. The van der Waals surface area contributed by atoms with Crippen LogP contribution in [0.5, 0.6) is 0 Å². The number of carbonyl (C=O) groups excluding carboxylic acids is 2. The van der Waals surface area contributed by atoms with Crippen molar-refractivity contribution in [2.45, 2.75) is 25.8 Å². The Labute approximate surface area is 142 Å². The summed E-state index contributed by atoms with van der Waals surface area (Å²) in [5, 5.41) is 9.02. The van der Waals surface area contributed by atoms with E-state index in [-0.39, 0.29) is 30.8 Å². The van der Waals surface area contributed by atoms with Crippen LogP contribution in [-0.2, 0) is 9.59 Å². The molecule has 23 heavy (non-hydrogen) atoms. The van der Waals surface area contributed by atoms with Crippen LogP contribution in [0.2, 0.25) is 0 Å². The minimum Gasteiger partial charge on any atom is -0.481 e. The summed E-state index contributed by atoms with van der Waals surface area (Å²) in [6.07, 6.45) is 1.75. The first-order chi connectivity index (χ1) is 10.8. The molecule has 7 nitrogen and oxygen atoms in total. The summed E-state index contributed by atoms with van der Waals surface area (Å²) in [7, 11) is 1.52. The number of carbonyl (C=O) groups is 3. The second-order valence-electron chi connectivity index (χ2n) is 5.78. The van der Waals surface area contributed by atoms with E-state index in [0.29, 0.717) is 4.67 Å². The van der Waals surface area contributed by atoms with Crippen LogP contribution in [0.4, 0.5) is 0 Å². The van der Waals surface area contributed by atoms with Crippen molar-refractivity contribution in [3.63, 3.8) is 0 Å². The highest BCUT2D eigenvalue weighted by Gasteiger charge is 2.35. The molecule has 1 unspecified atom stereocenters. The molecule has 0 spiro atoms. The number of rotatable bonds is 7. The zero-order valence-electron chi connectivity index (χ0n) is 13.0. The van der Waals surface area contributed by atoms with Gasteiger partial charge in [-0.15, -0.1) is 0 Å². The number of amides is 2. The monoisotopic (exact) mass is 386 g/mol. The van der Waals surface area contributed by atoms with Crippen molar-refractivity contribution < 1.29 is 23.9 Å². The smallest absolute Gasteiger partial charge is 0.308 e. The predicted octanol–water partition coefficient (Wildman–Crippen LogP) is 1.83. The Bertz CT molecular complexity index is 611. The number of hydrogen-bond acceptors (Lipinski definition) is 4. The van der Waals surface area contributed by atoms with Gasteiger partial charge in [-0.1, -0.05) is 6.92 Å². The average molecular weight is 387 g/mol. The van der Waals surface area contributed by atoms with Crippen molar-refractivity contribution in [2.75, 3.05) is 20.1 Å². The Balaban J connectivity index is 1.97. The summed E-state index contributed by atoms with van der Waals surface area (Å²) in [5.41, 5.74) is 0. The van der Waals surface area contributed by atoms with E-state index in [1.165, 1.54) is 18.0 Å². The highest BCUT2D eigenvalue weighted by Crippen LogP contribution is 2.28. The SMILES string of the molecule is CC(CN(C(=O)CN(C)C(=O)c1ccc(Br)o1)C1CC1)C(=O)O. The first kappa shape index (κ1) is 17.5. The van der Waals surface area contributed by atoms with Gasteiger partial charge in [0.15, 0.2) is 10.4 Å². The fourth-order valence-corrected chi connectivity index (χ4v) is 2.50. The van der Waals surface area contributed by atoms with Gasteiger partial charge in [0.25, 0.3) is 5.91 Å². The molecular weight excluding hydrogens is 368 g/mol. The molecule has 1 atom stereocenters. The largest absolute Gasteiger partial charge is 0.481 e. The molecule has 8 heteroatoms. The van der Waals surface area contributed by atoms with Gasteiger partial charge in [-0.05, 0) is 40.9 Å². The van der Waals surface area contributed by atoms with Crippen molar-refractivity contribution in [1.82, 2.24) is 9.80 Å². The molecule has 0 bridgehead atoms. The van der Waals surface area contributed by atoms with Crippen LogP contribution in [0.3, 0.4) is 0 Å². The maximum atomic E-state index is 12.4. The first-order valence-corrected chi connectivity index (χ1v) is 8.12. The van der Waals surface area contributed by atoms with Gasteiger partial charge in [0.05, 0.1) is 12.5 Å². The van der Waals surface area contributed by atoms with E-state index >= 15 is 0 Å². The van der Waals surface area contributed by atoms with E-state index in [0.717, 1.165) is 12.8 Å². The molecule has 1 saturated carbocycles. The summed E-state index contributed by atoms with van der Waals surface area (Å²) >= 11 is 3.12. The first-order valence-electron chi connectivity index (χ1n) is 7.32. The van der Waals surface area contributed by atoms with E-state index in [1.807, 2.05) is 0 Å². The van der Waals surface area contributed by atoms with Gasteiger partial charge in [0, 0.05) is 19.6 Å². The van der Waals surface area contributed by atoms with Gasteiger partial charge in [0.1, 0.15) is 0 Å². The summed E-state index contributed by atoms with van der Waals surface area (Å²) in [6, 6.07) is 3.22. The third kappa shape index (κ3) is 4.57. The number of halogens is 1. The minimum atomic E-state index is -0.937. The maximum Gasteiger partial charge on any atom is 0.308 e. The number of likely N-dealkylation sites (N-methyl/N-ethyl adjacent to an activating group) is 1. The van der Waals surface area contributed by atoms with Crippen molar-refractivity contribution in [2.24, 2.45) is 5.92 Å². The quantitative estimate of drug-likeness (QED) is 0.771. The van der Waals surface area contributed by atoms with Crippen LogP contribution in [0, 0.1) is 5.92 Å². The highest BCUT2D eigenvalue weighted by atomic mass is 79.9. The van der Waals surface area contributed by atoms with Crippen molar-refractivity contribution in [3.8, 4) is 0 Å². The van der Waals surface area contributed by atoms with Gasteiger partial charge in [-0.2, -0.15) is 0 Å². The number of furan rings is 1. The summed E-state index contributed by atoms with van der Waals surface area (Å²) in [4.78, 5) is 38.5. The van der Waals surface area contributed by atoms with E-state index < -0.39 is 17.8 Å². The molecule has 1 aromatic rings. The molecule has 126 valence electrons. The average Bonchev–Trinajstić information content (AvgIpc) is 3.24. The minimum absolute atomic E-state index is 0.0885. The summed E-state index contributed by atoms with van der Waals surface area (Å²) < 4.78 is 5.63. The lowest BCUT2D eigenvalue weighted by molar-refractivity contribution is -0.143. The lowest BCUT2D eigenvalue weighted by Gasteiger charge is -2.26. The molecule has 1 fully saturated rings. The van der Waals surface area contributed by atoms with Gasteiger partial charge >= 0.3 is 5.97 Å². The van der Waals surface area contributed by atoms with Crippen LogP contribution in [0.15, 0.2) is 21.2 Å². The standard InChI is InChI=1S/C15H19BrN2O5/c1-9(15(21)22)7-18(10-3-4-10)13(19)8-17(2)14(20)11-5-6-12(16)23-11/h5-6,9-10H,3-4,7-8H2,1-2H3,(H,21,22). The van der Waals surface area contributed by atoms with Crippen LogP contribution < -0.4 is 0 Å². The molecule has 1 aliphatic carbocycles. The third-order valence-corrected chi connectivity index (χ3v) is 4.13. The lowest BCUT2D eigenvalue weighted by Crippen LogP contribution is -2.44. The van der Waals surface area contributed by atoms with Gasteiger partial charge in [0.2, 0.25) is 5.91 Å². The molecule has 0 radical (unpaired) electrons. The molecule has 0 saturated heterocycles. The zero-order valence-corrected chi connectivity index (χ0v) is 14.6. The Morgan fingerprint density at radius 3 is 2.52 bits per heavy atom. The zero-order chi connectivity index (χ0) is 17.1. The normalized spacial score (nSPS) is 15.1. The molecular formula is C15H19BrN2O5. The number of hydrogen-bond donors (Lipinski definition) is 1. The molecule has 0 aromatic carbocycles. The molecule has 1 N–H and O–H groups in total. The van der Waals surface area contributed by atoms with Crippen molar-refractivity contribution in [1.29, 1.82) is 0 Å². The lowest BCUT2D eigenvalue weighted by atomic mass is 10.1. The molecule has 2 amide bonds. The summed E-state index contributed by atoms with van der Waals surface area (Å²) in [5.74, 6) is -2.08.